The Morgan fingerprint density at radius 3 is 2.00 bits per heavy atom. The summed E-state index contributed by atoms with van der Waals surface area (Å²) >= 11 is 0. The second-order valence-corrected chi connectivity index (χ2v) is 11.5. The first kappa shape index (κ1) is 29.3. The minimum Gasteiger partial charge on any atom is -0.497 e. The molecule has 1 atom stereocenters. The zero-order valence-corrected chi connectivity index (χ0v) is 23.5. The van der Waals surface area contributed by atoms with Crippen LogP contribution in [0.15, 0.2) is 48.5 Å². The van der Waals surface area contributed by atoms with E-state index in [-0.39, 0.29) is 18.5 Å². The smallest absolute Gasteiger partial charge is 0.244 e. The maximum Gasteiger partial charge on any atom is 0.244 e. The largest absolute Gasteiger partial charge is 0.497 e. The van der Waals surface area contributed by atoms with Crippen LogP contribution in [0.25, 0.3) is 0 Å². The van der Waals surface area contributed by atoms with Gasteiger partial charge in [-0.3, -0.25) is 13.9 Å². The third-order valence-electron chi connectivity index (χ3n) is 6.89. The van der Waals surface area contributed by atoms with Gasteiger partial charge in [0.1, 0.15) is 24.1 Å². The van der Waals surface area contributed by atoms with Crippen LogP contribution in [-0.2, 0) is 26.2 Å². The predicted molar refractivity (Wildman–Crippen MR) is 148 cm³/mol. The second-order valence-electron chi connectivity index (χ2n) is 9.60. The molecule has 0 aliphatic heterocycles. The van der Waals surface area contributed by atoms with E-state index in [2.05, 4.69) is 5.32 Å². The molecule has 1 aliphatic rings. The monoisotopic (exact) mass is 545 g/mol. The molecule has 1 fully saturated rings. The Hall–Kier alpha value is -3.27. The molecule has 208 valence electrons. The number of amides is 2. The zero-order chi connectivity index (χ0) is 27.7. The average Bonchev–Trinajstić information content (AvgIpc) is 2.92. The summed E-state index contributed by atoms with van der Waals surface area (Å²) in [4.78, 5) is 28.7. The van der Waals surface area contributed by atoms with Crippen LogP contribution in [0.2, 0.25) is 0 Å². The maximum absolute atomic E-state index is 13.8. The van der Waals surface area contributed by atoms with Crippen LogP contribution < -0.4 is 19.1 Å². The number of anilines is 1. The van der Waals surface area contributed by atoms with Crippen LogP contribution in [0.3, 0.4) is 0 Å². The molecular formula is C28H39N3O6S. The lowest BCUT2D eigenvalue weighted by Crippen LogP contribution is -2.53. The highest BCUT2D eigenvalue weighted by Gasteiger charge is 2.32. The number of benzene rings is 2. The zero-order valence-electron chi connectivity index (χ0n) is 22.7. The SMILES string of the molecule is CC[C@H](C(=O)NC1CCCCC1)N(Cc1ccc(OC)cc1)C(=O)CN(c1ccc(OC)cc1)S(C)(=O)=O. The Bertz CT molecular complexity index is 1160. The van der Waals surface area contributed by atoms with Gasteiger partial charge in [-0.25, -0.2) is 8.42 Å². The molecule has 10 heteroatoms. The van der Waals surface area contributed by atoms with Crippen LogP contribution in [-0.4, -0.2) is 64.2 Å². The number of rotatable bonds is 12. The van der Waals surface area contributed by atoms with Crippen molar-refractivity contribution in [2.45, 2.75) is 64.1 Å². The molecule has 0 spiro atoms. The Kier molecular flexibility index (Phi) is 10.4. The third kappa shape index (κ3) is 7.86. The van der Waals surface area contributed by atoms with E-state index in [1.54, 1.807) is 43.5 Å². The molecule has 2 aromatic rings. The summed E-state index contributed by atoms with van der Waals surface area (Å²) < 4.78 is 37.0. The molecule has 1 N–H and O–H groups in total. The number of carbonyl (C=O) groups is 2. The summed E-state index contributed by atoms with van der Waals surface area (Å²) in [6, 6.07) is 13.1. The number of carbonyl (C=O) groups excluding carboxylic acids is 2. The summed E-state index contributed by atoms with van der Waals surface area (Å²) in [5, 5.41) is 3.14. The quantitative estimate of drug-likeness (QED) is 0.436. The number of nitrogens with zero attached hydrogens (tertiary/aromatic N) is 2. The standard InChI is InChI=1S/C28H39N3O6S/c1-5-26(28(33)29-22-9-7-6-8-10-22)30(19-21-11-15-24(36-2)16-12-21)27(32)20-31(38(4,34)35)23-13-17-25(37-3)18-14-23/h11-18,22,26H,5-10,19-20H2,1-4H3,(H,29,33)/t26-/m1/s1. The van der Waals surface area contributed by atoms with Gasteiger partial charge in [-0.05, 0) is 61.2 Å². The Morgan fingerprint density at radius 1 is 0.947 bits per heavy atom. The van der Waals surface area contributed by atoms with Gasteiger partial charge in [-0.2, -0.15) is 0 Å². The van der Waals surface area contributed by atoms with Gasteiger partial charge >= 0.3 is 0 Å². The lowest BCUT2D eigenvalue weighted by atomic mass is 9.95. The number of hydrogen-bond acceptors (Lipinski definition) is 6. The molecule has 0 aromatic heterocycles. The van der Waals surface area contributed by atoms with Crippen molar-refractivity contribution in [2.24, 2.45) is 0 Å². The normalized spacial score (nSPS) is 14.8. The van der Waals surface area contributed by atoms with Crippen molar-refractivity contribution in [1.82, 2.24) is 10.2 Å². The van der Waals surface area contributed by atoms with E-state index >= 15 is 0 Å². The Labute approximate surface area is 226 Å². The fourth-order valence-corrected chi connectivity index (χ4v) is 5.60. The molecule has 2 amide bonds. The van der Waals surface area contributed by atoms with Gasteiger partial charge in [0.25, 0.3) is 0 Å². The number of ether oxygens (including phenoxy) is 2. The highest BCUT2D eigenvalue weighted by Crippen LogP contribution is 2.24. The molecule has 2 aromatic carbocycles. The van der Waals surface area contributed by atoms with Crippen molar-refractivity contribution in [3.63, 3.8) is 0 Å². The van der Waals surface area contributed by atoms with E-state index in [1.807, 2.05) is 19.1 Å². The molecular weight excluding hydrogens is 506 g/mol. The summed E-state index contributed by atoms with van der Waals surface area (Å²) in [5.74, 6) is 0.570. The van der Waals surface area contributed by atoms with Gasteiger partial charge in [0.2, 0.25) is 21.8 Å². The summed E-state index contributed by atoms with van der Waals surface area (Å²) in [5.41, 5.74) is 1.14. The molecule has 3 rings (SSSR count). The topological polar surface area (TPSA) is 105 Å². The molecule has 0 unspecified atom stereocenters. The predicted octanol–water partition coefficient (Wildman–Crippen LogP) is 3.73. The van der Waals surface area contributed by atoms with E-state index < -0.39 is 28.5 Å². The highest BCUT2D eigenvalue weighted by molar-refractivity contribution is 7.92. The lowest BCUT2D eigenvalue weighted by Gasteiger charge is -2.34. The number of methoxy groups -OCH3 is 2. The molecule has 0 bridgehead atoms. The van der Waals surface area contributed by atoms with Crippen LogP contribution in [0.4, 0.5) is 5.69 Å². The van der Waals surface area contributed by atoms with Crippen molar-refractivity contribution in [2.75, 3.05) is 31.3 Å². The van der Waals surface area contributed by atoms with Gasteiger partial charge < -0.3 is 19.7 Å². The van der Waals surface area contributed by atoms with Crippen molar-refractivity contribution in [3.05, 3.63) is 54.1 Å². The van der Waals surface area contributed by atoms with Crippen molar-refractivity contribution >= 4 is 27.5 Å². The molecule has 0 radical (unpaired) electrons. The van der Waals surface area contributed by atoms with Crippen LogP contribution in [0.1, 0.15) is 51.0 Å². The summed E-state index contributed by atoms with van der Waals surface area (Å²) in [7, 11) is -0.699. The van der Waals surface area contributed by atoms with Crippen LogP contribution >= 0.6 is 0 Å². The van der Waals surface area contributed by atoms with Crippen LogP contribution in [0.5, 0.6) is 11.5 Å². The molecule has 0 saturated heterocycles. The van der Waals surface area contributed by atoms with Gasteiger partial charge in [-0.15, -0.1) is 0 Å². The fraction of sp³-hybridized carbons (Fsp3) is 0.500. The van der Waals surface area contributed by atoms with Crippen molar-refractivity contribution < 1.29 is 27.5 Å². The Morgan fingerprint density at radius 2 is 1.50 bits per heavy atom. The molecule has 0 heterocycles. The van der Waals surface area contributed by atoms with Gasteiger partial charge in [-0.1, -0.05) is 38.3 Å². The van der Waals surface area contributed by atoms with E-state index in [0.717, 1.165) is 41.8 Å². The molecule has 1 aliphatic carbocycles. The first-order chi connectivity index (χ1) is 18.2. The Balaban J connectivity index is 1.90. The van der Waals surface area contributed by atoms with Gasteiger partial charge in [0.05, 0.1) is 26.2 Å². The fourth-order valence-electron chi connectivity index (χ4n) is 4.75. The second kappa shape index (κ2) is 13.5. The number of sulfonamides is 1. The van der Waals surface area contributed by atoms with Gasteiger partial charge in [0.15, 0.2) is 0 Å². The first-order valence-corrected chi connectivity index (χ1v) is 14.9. The molecule has 1 saturated carbocycles. The lowest BCUT2D eigenvalue weighted by molar-refractivity contribution is -0.140. The van der Waals surface area contributed by atoms with E-state index in [4.69, 9.17) is 9.47 Å². The number of nitrogens with one attached hydrogen (secondary N) is 1. The van der Waals surface area contributed by atoms with Crippen molar-refractivity contribution in [3.8, 4) is 11.5 Å². The maximum atomic E-state index is 13.8. The third-order valence-corrected chi connectivity index (χ3v) is 8.03. The highest BCUT2D eigenvalue weighted by atomic mass is 32.2. The minimum atomic E-state index is -3.80. The minimum absolute atomic E-state index is 0.0926. The molecule has 38 heavy (non-hydrogen) atoms. The van der Waals surface area contributed by atoms with Crippen LogP contribution in [0, 0.1) is 0 Å². The van der Waals surface area contributed by atoms with E-state index in [9.17, 15) is 18.0 Å². The van der Waals surface area contributed by atoms with Gasteiger partial charge in [0, 0.05) is 12.6 Å². The van der Waals surface area contributed by atoms with E-state index in [0.29, 0.717) is 23.6 Å². The van der Waals surface area contributed by atoms with E-state index in [1.165, 1.54) is 18.4 Å². The summed E-state index contributed by atoms with van der Waals surface area (Å²) in [6.07, 6.45) is 6.61. The number of hydrogen-bond donors (Lipinski definition) is 1. The molecule has 9 nitrogen and oxygen atoms in total. The first-order valence-electron chi connectivity index (χ1n) is 13.0. The average molecular weight is 546 g/mol. The van der Waals surface area contributed by atoms with Crippen molar-refractivity contribution in [1.29, 1.82) is 0 Å². The summed E-state index contributed by atoms with van der Waals surface area (Å²) in [6.45, 7) is 1.57.